The van der Waals surface area contributed by atoms with Crippen molar-refractivity contribution >= 4 is 28.2 Å². The summed E-state index contributed by atoms with van der Waals surface area (Å²) in [6, 6.07) is 13.4. The average Bonchev–Trinajstić information content (AvgIpc) is 2.91. The molecule has 0 fully saturated rings. The summed E-state index contributed by atoms with van der Waals surface area (Å²) >= 11 is 0. The Balaban J connectivity index is 1.95. The maximum atomic E-state index is 12.8. The number of nitrogens with one attached hydrogen (secondary N) is 2. The number of hydrogen-bond donors (Lipinski definition) is 2. The first kappa shape index (κ1) is 15.9. The second-order valence-electron chi connectivity index (χ2n) is 5.90. The van der Waals surface area contributed by atoms with Crippen molar-refractivity contribution in [2.24, 2.45) is 0 Å². The summed E-state index contributed by atoms with van der Waals surface area (Å²) in [6.45, 7) is 1.89. The smallest absolute Gasteiger partial charge is 0.258 e. The van der Waals surface area contributed by atoms with Gasteiger partial charge in [0.15, 0.2) is 0 Å². The number of H-pyrrole nitrogens is 1. The van der Waals surface area contributed by atoms with Crippen LogP contribution < -0.4 is 15.0 Å². The molecule has 1 aromatic heterocycles. The Kier molecular flexibility index (Phi) is 4.16. The molecule has 1 heterocycles. The normalized spacial score (nSPS) is 10.7. The molecule has 3 aromatic rings. The molecule has 2 aromatic carbocycles. The summed E-state index contributed by atoms with van der Waals surface area (Å²) < 4.78 is 5.42. The van der Waals surface area contributed by atoms with Gasteiger partial charge in [-0.15, -0.1) is 0 Å². The molecule has 0 bridgehead atoms. The van der Waals surface area contributed by atoms with Gasteiger partial charge in [0.05, 0.1) is 23.6 Å². The fourth-order valence-corrected chi connectivity index (χ4v) is 2.84. The molecule has 3 rings (SSSR count). The molecule has 0 aliphatic heterocycles. The van der Waals surface area contributed by atoms with Crippen molar-refractivity contribution in [3.8, 4) is 5.75 Å². The molecule has 0 aliphatic carbocycles. The van der Waals surface area contributed by atoms with Gasteiger partial charge in [-0.25, -0.2) is 0 Å². The van der Waals surface area contributed by atoms with Crippen molar-refractivity contribution < 1.29 is 9.53 Å². The van der Waals surface area contributed by atoms with E-state index in [1.165, 1.54) is 0 Å². The van der Waals surface area contributed by atoms with E-state index in [1.54, 1.807) is 7.11 Å². The summed E-state index contributed by atoms with van der Waals surface area (Å²) in [7, 11) is 5.57. The number of hydrogen-bond acceptors (Lipinski definition) is 3. The highest BCUT2D eigenvalue weighted by molar-refractivity contribution is 6.15. The zero-order valence-electron chi connectivity index (χ0n) is 14.3. The SMILES string of the molecule is COc1cccc2[nH]c(C)c(C(=O)Nc3ccc(N(C)C)cc3)c12. The number of carbonyl (C=O) groups excluding carboxylic acids is 1. The Labute approximate surface area is 141 Å². The molecule has 2 N–H and O–H groups in total. The number of carbonyl (C=O) groups is 1. The molecule has 5 heteroatoms. The first-order valence-electron chi connectivity index (χ1n) is 7.75. The van der Waals surface area contributed by atoms with Crippen LogP contribution >= 0.6 is 0 Å². The van der Waals surface area contributed by atoms with E-state index in [1.807, 2.05) is 68.4 Å². The number of fused-ring (bicyclic) bond motifs is 1. The topological polar surface area (TPSA) is 57.4 Å². The lowest BCUT2D eigenvalue weighted by Crippen LogP contribution is -2.13. The van der Waals surface area contributed by atoms with E-state index < -0.39 is 0 Å². The molecule has 0 aliphatic rings. The van der Waals surface area contributed by atoms with Crippen molar-refractivity contribution in [1.29, 1.82) is 0 Å². The third-order valence-electron chi connectivity index (χ3n) is 4.06. The van der Waals surface area contributed by atoms with E-state index in [0.29, 0.717) is 11.3 Å². The van der Waals surface area contributed by atoms with Crippen LogP contribution in [0.5, 0.6) is 5.75 Å². The fraction of sp³-hybridized carbons (Fsp3) is 0.211. The van der Waals surface area contributed by atoms with Crippen LogP contribution in [0.25, 0.3) is 10.9 Å². The number of rotatable bonds is 4. The second-order valence-corrected chi connectivity index (χ2v) is 5.90. The van der Waals surface area contributed by atoms with Gasteiger partial charge in [-0.2, -0.15) is 0 Å². The molecular formula is C19H21N3O2. The van der Waals surface area contributed by atoms with Crippen molar-refractivity contribution in [2.75, 3.05) is 31.4 Å². The first-order valence-corrected chi connectivity index (χ1v) is 7.75. The largest absolute Gasteiger partial charge is 0.496 e. The molecule has 0 atom stereocenters. The molecule has 24 heavy (non-hydrogen) atoms. The van der Waals surface area contributed by atoms with E-state index in [9.17, 15) is 4.79 Å². The Bertz CT molecular complexity index is 880. The van der Waals surface area contributed by atoms with E-state index in [0.717, 1.165) is 28.0 Å². The molecular weight excluding hydrogens is 302 g/mol. The van der Waals surface area contributed by atoms with Crippen molar-refractivity contribution in [1.82, 2.24) is 4.98 Å². The van der Waals surface area contributed by atoms with Gasteiger partial charge < -0.3 is 19.9 Å². The molecule has 1 amide bonds. The van der Waals surface area contributed by atoms with Gasteiger partial charge in [-0.3, -0.25) is 4.79 Å². The Morgan fingerprint density at radius 2 is 1.83 bits per heavy atom. The zero-order valence-corrected chi connectivity index (χ0v) is 14.3. The maximum Gasteiger partial charge on any atom is 0.258 e. The van der Waals surface area contributed by atoms with Crippen LogP contribution in [0.4, 0.5) is 11.4 Å². The number of ether oxygens (including phenoxy) is 1. The highest BCUT2D eigenvalue weighted by Crippen LogP contribution is 2.31. The summed E-state index contributed by atoms with van der Waals surface area (Å²) in [5.74, 6) is 0.533. The average molecular weight is 323 g/mol. The number of nitrogens with zero attached hydrogens (tertiary/aromatic N) is 1. The molecule has 0 saturated heterocycles. The van der Waals surface area contributed by atoms with Gasteiger partial charge in [0.25, 0.3) is 5.91 Å². The Hall–Kier alpha value is -2.95. The van der Waals surface area contributed by atoms with Crippen LogP contribution in [-0.2, 0) is 0 Å². The minimum atomic E-state index is -0.152. The summed E-state index contributed by atoms with van der Waals surface area (Å²) in [5.41, 5.74) is 4.16. The number of amides is 1. The Morgan fingerprint density at radius 3 is 2.46 bits per heavy atom. The second kappa shape index (κ2) is 6.28. The monoisotopic (exact) mass is 323 g/mol. The molecule has 124 valence electrons. The van der Waals surface area contributed by atoms with Gasteiger partial charge in [0, 0.05) is 31.2 Å². The van der Waals surface area contributed by atoms with Crippen LogP contribution in [0.1, 0.15) is 16.1 Å². The number of aromatic amines is 1. The Morgan fingerprint density at radius 1 is 1.12 bits per heavy atom. The maximum absolute atomic E-state index is 12.8. The lowest BCUT2D eigenvalue weighted by molar-refractivity contribution is 0.102. The van der Waals surface area contributed by atoms with Crippen LogP contribution in [0.3, 0.4) is 0 Å². The predicted molar refractivity (Wildman–Crippen MR) is 98.3 cm³/mol. The predicted octanol–water partition coefficient (Wildman–Crippen LogP) is 3.80. The summed E-state index contributed by atoms with van der Waals surface area (Å²) in [4.78, 5) is 18.1. The van der Waals surface area contributed by atoms with E-state index in [4.69, 9.17) is 4.74 Å². The van der Waals surface area contributed by atoms with E-state index in [-0.39, 0.29) is 5.91 Å². The summed E-state index contributed by atoms with van der Waals surface area (Å²) in [5, 5.41) is 3.77. The quantitative estimate of drug-likeness (QED) is 0.768. The van der Waals surface area contributed by atoms with Gasteiger partial charge >= 0.3 is 0 Å². The van der Waals surface area contributed by atoms with Gasteiger partial charge in [-0.05, 0) is 43.3 Å². The standard InChI is InChI=1S/C19H21N3O2/c1-12-17(18-15(20-12)6-5-7-16(18)24-4)19(23)21-13-8-10-14(11-9-13)22(2)3/h5-11,20H,1-4H3,(H,21,23). The molecule has 5 nitrogen and oxygen atoms in total. The van der Waals surface area contributed by atoms with Gasteiger partial charge in [0.2, 0.25) is 0 Å². The lowest BCUT2D eigenvalue weighted by Gasteiger charge is -2.13. The minimum Gasteiger partial charge on any atom is -0.496 e. The third kappa shape index (κ3) is 2.80. The molecule has 0 saturated carbocycles. The third-order valence-corrected chi connectivity index (χ3v) is 4.06. The van der Waals surface area contributed by atoms with Crippen LogP contribution in [0.15, 0.2) is 42.5 Å². The number of anilines is 2. The van der Waals surface area contributed by atoms with Crippen LogP contribution in [0, 0.1) is 6.92 Å². The summed E-state index contributed by atoms with van der Waals surface area (Å²) in [6.07, 6.45) is 0. The number of methoxy groups -OCH3 is 1. The van der Waals surface area contributed by atoms with Gasteiger partial charge in [0.1, 0.15) is 5.75 Å². The molecule has 0 spiro atoms. The number of benzene rings is 2. The minimum absolute atomic E-state index is 0.152. The van der Waals surface area contributed by atoms with Crippen LogP contribution in [0.2, 0.25) is 0 Å². The van der Waals surface area contributed by atoms with Crippen molar-refractivity contribution in [3.05, 3.63) is 53.7 Å². The van der Waals surface area contributed by atoms with Gasteiger partial charge in [-0.1, -0.05) is 6.07 Å². The zero-order chi connectivity index (χ0) is 17.3. The molecule has 0 radical (unpaired) electrons. The fourth-order valence-electron chi connectivity index (χ4n) is 2.84. The van der Waals surface area contributed by atoms with E-state index in [2.05, 4.69) is 10.3 Å². The molecule has 0 unspecified atom stereocenters. The van der Waals surface area contributed by atoms with Crippen molar-refractivity contribution in [2.45, 2.75) is 6.92 Å². The lowest BCUT2D eigenvalue weighted by atomic mass is 10.1. The number of aromatic nitrogens is 1. The number of aryl methyl sites for hydroxylation is 1. The highest BCUT2D eigenvalue weighted by atomic mass is 16.5. The first-order chi connectivity index (χ1) is 11.5. The van der Waals surface area contributed by atoms with Crippen LogP contribution in [-0.4, -0.2) is 32.1 Å². The van der Waals surface area contributed by atoms with Crippen molar-refractivity contribution in [3.63, 3.8) is 0 Å². The van der Waals surface area contributed by atoms with E-state index >= 15 is 0 Å². The highest BCUT2D eigenvalue weighted by Gasteiger charge is 2.19.